The van der Waals surface area contributed by atoms with Gasteiger partial charge < -0.3 is 9.84 Å². The molecule has 0 radical (unpaired) electrons. The number of carbonyl (C=O) groups is 3. The molecule has 0 aliphatic rings. The zero-order valence-corrected chi connectivity index (χ0v) is 16.4. The van der Waals surface area contributed by atoms with Crippen LogP contribution in [0.1, 0.15) is 55.2 Å². The summed E-state index contributed by atoms with van der Waals surface area (Å²) in [5.74, 6) is -2.42. The topological polar surface area (TPSA) is 80.7 Å². The Balaban J connectivity index is 2.03. The van der Waals surface area contributed by atoms with Gasteiger partial charge in [0.05, 0.1) is 5.92 Å². The molecule has 29 heavy (non-hydrogen) atoms. The number of unbranched alkanes of at least 4 members (excludes halogenated alkanes) is 1. The summed E-state index contributed by atoms with van der Waals surface area (Å²) in [4.78, 5) is 33.0. The highest BCUT2D eigenvalue weighted by Crippen LogP contribution is 2.27. The SMILES string of the molecule is CCCCC(C(=O)O)c1cc(F)cc(OCc2ccc(CCC(=O)C=O)cc2)c1. The van der Waals surface area contributed by atoms with Gasteiger partial charge in [-0.2, -0.15) is 0 Å². The monoisotopic (exact) mass is 400 g/mol. The third-order valence-corrected chi connectivity index (χ3v) is 4.66. The third-order valence-electron chi connectivity index (χ3n) is 4.66. The number of carboxylic acid groups (broad SMARTS) is 1. The summed E-state index contributed by atoms with van der Waals surface area (Å²) < 4.78 is 19.7. The van der Waals surface area contributed by atoms with E-state index in [1.165, 1.54) is 12.1 Å². The van der Waals surface area contributed by atoms with Gasteiger partial charge in [0.25, 0.3) is 0 Å². The molecule has 6 heteroatoms. The molecular weight excluding hydrogens is 375 g/mol. The minimum Gasteiger partial charge on any atom is -0.489 e. The van der Waals surface area contributed by atoms with Crippen molar-refractivity contribution in [1.29, 1.82) is 0 Å². The van der Waals surface area contributed by atoms with Gasteiger partial charge in [0.2, 0.25) is 0 Å². The number of halogens is 1. The van der Waals surface area contributed by atoms with Gasteiger partial charge in [-0.1, -0.05) is 44.0 Å². The van der Waals surface area contributed by atoms with E-state index in [-0.39, 0.29) is 18.8 Å². The molecule has 0 aliphatic heterocycles. The molecule has 0 aliphatic carbocycles. The number of Topliss-reactive ketones (excluding diaryl/α,β-unsaturated/α-hetero) is 1. The Labute approximate surface area is 169 Å². The molecule has 0 saturated heterocycles. The van der Waals surface area contributed by atoms with Crippen LogP contribution >= 0.6 is 0 Å². The first-order valence-electron chi connectivity index (χ1n) is 9.64. The molecule has 2 aromatic rings. The first-order chi connectivity index (χ1) is 13.9. The summed E-state index contributed by atoms with van der Waals surface area (Å²) in [6.45, 7) is 2.17. The van der Waals surface area contributed by atoms with Crippen LogP contribution in [0.3, 0.4) is 0 Å². The van der Waals surface area contributed by atoms with Gasteiger partial charge in [-0.3, -0.25) is 14.4 Å². The van der Waals surface area contributed by atoms with E-state index in [9.17, 15) is 23.9 Å². The number of carbonyl (C=O) groups excluding carboxylic acids is 2. The Morgan fingerprint density at radius 3 is 2.45 bits per heavy atom. The average molecular weight is 400 g/mol. The minimum absolute atomic E-state index is 0.175. The fourth-order valence-electron chi connectivity index (χ4n) is 3.01. The molecular formula is C23H25FO5. The Bertz CT molecular complexity index is 845. The summed E-state index contributed by atoms with van der Waals surface area (Å²) in [5.41, 5.74) is 2.18. The molecule has 1 N–H and O–H groups in total. The van der Waals surface area contributed by atoms with Crippen LogP contribution in [-0.2, 0) is 27.4 Å². The molecule has 2 rings (SSSR count). The van der Waals surface area contributed by atoms with Gasteiger partial charge in [-0.25, -0.2) is 4.39 Å². The number of hydrogen-bond donors (Lipinski definition) is 1. The van der Waals surface area contributed by atoms with E-state index in [1.54, 1.807) is 6.07 Å². The Kier molecular flexibility index (Phi) is 8.52. The third kappa shape index (κ3) is 7.14. The fourth-order valence-corrected chi connectivity index (χ4v) is 3.01. The lowest BCUT2D eigenvalue weighted by Crippen LogP contribution is -2.12. The van der Waals surface area contributed by atoms with Crippen LogP contribution in [0.2, 0.25) is 0 Å². The van der Waals surface area contributed by atoms with Crippen molar-refractivity contribution < 1.29 is 28.6 Å². The van der Waals surface area contributed by atoms with Crippen LogP contribution in [0.25, 0.3) is 0 Å². The summed E-state index contributed by atoms with van der Waals surface area (Å²) >= 11 is 0. The molecule has 0 amide bonds. The Morgan fingerprint density at radius 2 is 1.83 bits per heavy atom. The second-order valence-electron chi connectivity index (χ2n) is 6.94. The quantitative estimate of drug-likeness (QED) is 0.420. The standard InChI is InChI=1S/C23H25FO5/c1-2-3-4-22(23(27)28)18-11-19(24)13-21(12-18)29-15-17-7-5-16(6-8-17)9-10-20(26)14-25/h5-8,11-14,22H,2-4,9-10,15H2,1H3,(H,27,28). The van der Waals surface area contributed by atoms with Crippen molar-refractivity contribution in [2.75, 3.05) is 0 Å². The molecule has 154 valence electrons. The zero-order valence-electron chi connectivity index (χ0n) is 16.4. The highest BCUT2D eigenvalue weighted by Gasteiger charge is 2.20. The van der Waals surface area contributed by atoms with Crippen LogP contribution in [-0.4, -0.2) is 23.1 Å². The summed E-state index contributed by atoms with van der Waals surface area (Å²) in [5, 5.41) is 9.46. The molecule has 0 fully saturated rings. The van der Waals surface area contributed by atoms with Gasteiger partial charge >= 0.3 is 5.97 Å². The smallest absolute Gasteiger partial charge is 0.310 e. The average Bonchev–Trinajstić information content (AvgIpc) is 2.71. The maximum atomic E-state index is 14.0. The van der Waals surface area contributed by atoms with E-state index in [0.717, 1.165) is 24.0 Å². The Morgan fingerprint density at radius 1 is 1.14 bits per heavy atom. The fraction of sp³-hybridized carbons (Fsp3) is 0.348. The van der Waals surface area contributed by atoms with Crippen LogP contribution in [0.15, 0.2) is 42.5 Å². The highest BCUT2D eigenvalue weighted by atomic mass is 19.1. The number of carboxylic acids is 1. The van der Waals surface area contributed by atoms with Crippen LogP contribution in [0, 0.1) is 5.82 Å². The zero-order chi connectivity index (χ0) is 21.2. The molecule has 1 unspecified atom stereocenters. The second kappa shape index (κ2) is 11.1. The molecule has 5 nitrogen and oxygen atoms in total. The predicted octanol–water partition coefficient (Wildman–Crippen LogP) is 4.46. The van der Waals surface area contributed by atoms with Gasteiger partial charge in [-0.15, -0.1) is 0 Å². The molecule has 0 bridgehead atoms. The van der Waals surface area contributed by atoms with E-state index in [2.05, 4.69) is 0 Å². The van der Waals surface area contributed by atoms with E-state index < -0.39 is 23.5 Å². The van der Waals surface area contributed by atoms with Crippen molar-refractivity contribution >= 4 is 18.0 Å². The van der Waals surface area contributed by atoms with Gasteiger partial charge in [-0.05, 0) is 41.7 Å². The van der Waals surface area contributed by atoms with E-state index in [4.69, 9.17) is 4.74 Å². The number of benzene rings is 2. The number of ketones is 1. The number of aldehydes is 1. The number of aliphatic carboxylic acids is 1. The highest BCUT2D eigenvalue weighted by molar-refractivity contribution is 6.24. The van der Waals surface area contributed by atoms with Gasteiger partial charge in [0, 0.05) is 12.5 Å². The Hall–Kier alpha value is -3.02. The second-order valence-corrected chi connectivity index (χ2v) is 6.94. The normalized spacial score (nSPS) is 11.7. The van der Waals surface area contributed by atoms with Crippen molar-refractivity contribution in [3.8, 4) is 5.75 Å². The number of aryl methyl sites for hydroxylation is 1. The van der Waals surface area contributed by atoms with Crippen molar-refractivity contribution in [1.82, 2.24) is 0 Å². The van der Waals surface area contributed by atoms with Crippen molar-refractivity contribution in [3.05, 3.63) is 65.0 Å². The molecule has 0 spiro atoms. The molecule has 0 heterocycles. The van der Waals surface area contributed by atoms with Crippen molar-refractivity contribution in [3.63, 3.8) is 0 Å². The summed E-state index contributed by atoms with van der Waals surface area (Å²) in [6.07, 6.45) is 3.04. The first kappa shape index (κ1) is 22.3. The summed E-state index contributed by atoms with van der Waals surface area (Å²) in [6, 6.07) is 11.4. The van der Waals surface area contributed by atoms with E-state index in [1.807, 2.05) is 31.2 Å². The van der Waals surface area contributed by atoms with Crippen LogP contribution < -0.4 is 4.74 Å². The minimum atomic E-state index is -0.973. The molecule has 2 aromatic carbocycles. The van der Waals surface area contributed by atoms with Gasteiger partial charge in [0.15, 0.2) is 12.1 Å². The lowest BCUT2D eigenvalue weighted by molar-refractivity contribution is -0.139. The lowest BCUT2D eigenvalue weighted by atomic mass is 9.93. The van der Waals surface area contributed by atoms with Crippen LogP contribution in [0.5, 0.6) is 5.75 Å². The molecule has 0 saturated carbocycles. The van der Waals surface area contributed by atoms with Crippen molar-refractivity contribution in [2.24, 2.45) is 0 Å². The largest absolute Gasteiger partial charge is 0.489 e. The maximum absolute atomic E-state index is 14.0. The van der Waals surface area contributed by atoms with E-state index >= 15 is 0 Å². The first-order valence-corrected chi connectivity index (χ1v) is 9.64. The predicted molar refractivity (Wildman–Crippen MR) is 106 cm³/mol. The lowest BCUT2D eigenvalue weighted by Gasteiger charge is -2.14. The van der Waals surface area contributed by atoms with Crippen LogP contribution in [0.4, 0.5) is 4.39 Å². The van der Waals surface area contributed by atoms with Crippen molar-refractivity contribution in [2.45, 2.75) is 51.6 Å². The number of hydrogen-bond acceptors (Lipinski definition) is 4. The number of rotatable bonds is 12. The summed E-state index contributed by atoms with van der Waals surface area (Å²) in [7, 11) is 0. The van der Waals surface area contributed by atoms with E-state index in [0.29, 0.717) is 24.7 Å². The maximum Gasteiger partial charge on any atom is 0.310 e. The molecule has 0 aromatic heterocycles. The number of ether oxygens (including phenoxy) is 1. The molecule has 1 atom stereocenters. The van der Waals surface area contributed by atoms with Gasteiger partial charge in [0.1, 0.15) is 18.2 Å².